The van der Waals surface area contributed by atoms with Gasteiger partial charge in [-0.2, -0.15) is 0 Å². The van der Waals surface area contributed by atoms with Crippen molar-refractivity contribution >= 4 is 27.5 Å². The molecule has 3 rings (SSSR count). The number of carbonyl (C=O) groups excluding carboxylic acids is 1. The highest BCUT2D eigenvalue weighted by Gasteiger charge is 2.22. The number of para-hydroxylation sites is 1. The van der Waals surface area contributed by atoms with Crippen LogP contribution in [0.3, 0.4) is 0 Å². The first kappa shape index (κ1) is 15.6. The Hall–Kier alpha value is -2.34. The summed E-state index contributed by atoms with van der Waals surface area (Å²) in [6.07, 6.45) is 0. The SMILES string of the molecule is C[C@H](c1nc2ccccc2s1)N(C)C(=O)c1ccc(F)c(F)c1. The van der Waals surface area contributed by atoms with Gasteiger partial charge >= 0.3 is 0 Å². The maximum absolute atomic E-state index is 13.3. The summed E-state index contributed by atoms with van der Waals surface area (Å²) < 4.78 is 27.4. The molecule has 0 radical (unpaired) electrons. The van der Waals surface area contributed by atoms with Crippen LogP contribution in [0.25, 0.3) is 10.2 Å². The highest BCUT2D eigenvalue weighted by atomic mass is 32.1. The second-order valence-electron chi connectivity index (χ2n) is 5.24. The number of carbonyl (C=O) groups is 1. The zero-order valence-electron chi connectivity index (χ0n) is 12.6. The van der Waals surface area contributed by atoms with Gasteiger partial charge in [-0.15, -0.1) is 11.3 Å². The second-order valence-corrected chi connectivity index (χ2v) is 6.30. The van der Waals surface area contributed by atoms with Crippen molar-refractivity contribution in [3.05, 3.63) is 64.7 Å². The van der Waals surface area contributed by atoms with Crippen molar-refractivity contribution in [1.82, 2.24) is 9.88 Å². The average molecular weight is 332 g/mol. The van der Waals surface area contributed by atoms with Crippen LogP contribution in [0.5, 0.6) is 0 Å². The van der Waals surface area contributed by atoms with Crippen LogP contribution in [0, 0.1) is 11.6 Å². The predicted octanol–water partition coefficient (Wildman–Crippen LogP) is 4.41. The third kappa shape index (κ3) is 2.94. The van der Waals surface area contributed by atoms with Gasteiger partial charge in [0.05, 0.1) is 16.3 Å². The number of nitrogens with zero attached hydrogens (tertiary/aromatic N) is 2. The van der Waals surface area contributed by atoms with E-state index in [1.165, 1.54) is 22.3 Å². The lowest BCUT2D eigenvalue weighted by Crippen LogP contribution is -2.29. The summed E-state index contributed by atoms with van der Waals surface area (Å²) in [4.78, 5) is 18.5. The fourth-order valence-electron chi connectivity index (χ4n) is 2.24. The van der Waals surface area contributed by atoms with E-state index in [0.717, 1.165) is 27.4 Å². The zero-order valence-corrected chi connectivity index (χ0v) is 13.4. The molecule has 0 fully saturated rings. The number of fused-ring (bicyclic) bond motifs is 1. The maximum Gasteiger partial charge on any atom is 0.254 e. The van der Waals surface area contributed by atoms with Gasteiger partial charge in [-0.3, -0.25) is 4.79 Å². The quantitative estimate of drug-likeness (QED) is 0.712. The minimum absolute atomic E-state index is 0.111. The van der Waals surface area contributed by atoms with E-state index in [1.54, 1.807) is 7.05 Å². The van der Waals surface area contributed by atoms with Gasteiger partial charge in [0.15, 0.2) is 11.6 Å². The maximum atomic E-state index is 13.3. The van der Waals surface area contributed by atoms with E-state index in [-0.39, 0.29) is 17.5 Å². The van der Waals surface area contributed by atoms with E-state index < -0.39 is 11.6 Å². The molecule has 0 N–H and O–H groups in total. The molecule has 1 amide bonds. The van der Waals surface area contributed by atoms with Crippen molar-refractivity contribution < 1.29 is 13.6 Å². The fourth-order valence-corrected chi connectivity index (χ4v) is 3.31. The van der Waals surface area contributed by atoms with Crippen molar-refractivity contribution in [2.75, 3.05) is 7.05 Å². The van der Waals surface area contributed by atoms with Crippen LogP contribution >= 0.6 is 11.3 Å². The fraction of sp³-hybridized carbons (Fsp3) is 0.176. The first-order chi connectivity index (χ1) is 11.0. The number of hydrogen-bond acceptors (Lipinski definition) is 3. The molecular formula is C17H14F2N2OS. The van der Waals surface area contributed by atoms with Gasteiger partial charge in [0.1, 0.15) is 5.01 Å². The average Bonchev–Trinajstić information content (AvgIpc) is 2.99. The first-order valence-corrected chi connectivity index (χ1v) is 7.86. The summed E-state index contributed by atoms with van der Waals surface area (Å²) >= 11 is 1.51. The van der Waals surface area contributed by atoms with Gasteiger partial charge in [-0.05, 0) is 37.3 Å². The normalized spacial score (nSPS) is 12.3. The predicted molar refractivity (Wildman–Crippen MR) is 86.5 cm³/mol. The third-order valence-corrected chi connectivity index (χ3v) is 4.94. The summed E-state index contributed by atoms with van der Waals surface area (Å²) in [6, 6.07) is 10.6. The number of hydrogen-bond donors (Lipinski definition) is 0. The molecule has 0 saturated carbocycles. The largest absolute Gasteiger partial charge is 0.333 e. The van der Waals surface area contributed by atoms with Crippen molar-refractivity contribution in [3.63, 3.8) is 0 Å². The Kier molecular flexibility index (Phi) is 4.09. The lowest BCUT2D eigenvalue weighted by atomic mass is 10.1. The third-order valence-electron chi connectivity index (χ3n) is 3.74. The molecule has 1 aromatic heterocycles. The van der Waals surface area contributed by atoms with Gasteiger partial charge < -0.3 is 4.90 Å². The molecule has 3 aromatic rings. The highest BCUT2D eigenvalue weighted by Crippen LogP contribution is 2.29. The molecule has 0 aliphatic rings. The molecule has 3 nitrogen and oxygen atoms in total. The summed E-state index contributed by atoms with van der Waals surface area (Å²) in [6.45, 7) is 1.86. The summed E-state index contributed by atoms with van der Waals surface area (Å²) in [5.74, 6) is -2.38. The van der Waals surface area contributed by atoms with Crippen molar-refractivity contribution in [2.24, 2.45) is 0 Å². The number of thiazole rings is 1. The molecular weight excluding hydrogens is 318 g/mol. The summed E-state index contributed by atoms with van der Waals surface area (Å²) in [5, 5.41) is 0.796. The van der Waals surface area contributed by atoms with Crippen LogP contribution in [0.4, 0.5) is 8.78 Å². The highest BCUT2D eigenvalue weighted by molar-refractivity contribution is 7.18. The summed E-state index contributed by atoms with van der Waals surface area (Å²) in [5.41, 5.74) is 0.993. The molecule has 6 heteroatoms. The van der Waals surface area contributed by atoms with E-state index in [9.17, 15) is 13.6 Å². The molecule has 1 atom stereocenters. The molecule has 0 spiro atoms. The van der Waals surface area contributed by atoms with E-state index in [2.05, 4.69) is 4.98 Å². The van der Waals surface area contributed by atoms with Gasteiger partial charge in [-0.25, -0.2) is 13.8 Å². The van der Waals surface area contributed by atoms with E-state index in [4.69, 9.17) is 0 Å². The van der Waals surface area contributed by atoms with Gasteiger partial charge in [0, 0.05) is 12.6 Å². The Balaban J connectivity index is 1.87. The topological polar surface area (TPSA) is 33.2 Å². The standard InChI is InChI=1S/C17H14F2N2OS/c1-10(16-20-14-5-3-4-6-15(14)23-16)21(2)17(22)11-7-8-12(18)13(19)9-11/h3-10H,1-2H3/t10-/m1/s1. The molecule has 0 unspecified atom stereocenters. The van der Waals surface area contributed by atoms with Crippen LogP contribution in [0.15, 0.2) is 42.5 Å². The first-order valence-electron chi connectivity index (χ1n) is 7.05. The molecule has 0 aliphatic heterocycles. The van der Waals surface area contributed by atoms with Crippen LogP contribution in [0.1, 0.15) is 28.3 Å². The lowest BCUT2D eigenvalue weighted by Gasteiger charge is -2.23. The molecule has 23 heavy (non-hydrogen) atoms. The minimum Gasteiger partial charge on any atom is -0.333 e. The Morgan fingerprint density at radius 1 is 1.17 bits per heavy atom. The molecule has 118 valence electrons. The van der Waals surface area contributed by atoms with Crippen molar-refractivity contribution in [3.8, 4) is 0 Å². The lowest BCUT2D eigenvalue weighted by molar-refractivity contribution is 0.0742. The zero-order chi connectivity index (χ0) is 16.6. The van der Waals surface area contributed by atoms with Crippen LogP contribution in [-0.4, -0.2) is 22.8 Å². The Bertz CT molecular complexity index is 845. The molecule has 1 heterocycles. The number of halogens is 2. The van der Waals surface area contributed by atoms with Crippen LogP contribution in [0.2, 0.25) is 0 Å². The minimum atomic E-state index is -1.03. The molecule has 0 aliphatic carbocycles. The van der Waals surface area contributed by atoms with Crippen molar-refractivity contribution in [2.45, 2.75) is 13.0 Å². The molecule has 0 bridgehead atoms. The van der Waals surface area contributed by atoms with E-state index in [1.807, 2.05) is 31.2 Å². The smallest absolute Gasteiger partial charge is 0.254 e. The van der Waals surface area contributed by atoms with Gasteiger partial charge in [-0.1, -0.05) is 12.1 Å². The number of aromatic nitrogens is 1. The van der Waals surface area contributed by atoms with Gasteiger partial charge in [0.25, 0.3) is 5.91 Å². The molecule has 0 saturated heterocycles. The Labute approximate surface area is 136 Å². The van der Waals surface area contributed by atoms with E-state index >= 15 is 0 Å². The van der Waals surface area contributed by atoms with Crippen molar-refractivity contribution in [1.29, 1.82) is 0 Å². The number of amides is 1. The number of rotatable bonds is 3. The summed E-state index contributed by atoms with van der Waals surface area (Å²) in [7, 11) is 1.63. The Morgan fingerprint density at radius 2 is 1.91 bits per heavy atom. The monoisotopic (exact) mass is 332 g/mol. The van der Waals surface area contributed by atoms with Gasteiger partial charge in [0.2, 0.25) is 0 Å². The van der Waals surface area contributed by atoms with Crippen LogP contribution in [-0.2, 0) is 0 Å². The second kappa shape index (κ2) is 6.04. The van der Waals surface area contributed by atoms with Crippen LogP contribution < -0.4 is 0 Å². The number of benzene rings is 2. The molecule has 2 aromatic carbocycles. The Morgan fingerprint density at radius 3 is 2.61 bits per heavy atom. The van der Waals surface area contributed by atoms with E-state index in [0.29, 0.717) is 0 Å².